The molecule has 2 rings (SSSR count). The largest absolute Gasteiger partial charge is 0.480 e. The normalized spacial score (nSPS) is 11.2. The molecule has 0 aliphatic heterocycles. The molecule has 0 radical (unpaired) electrons. The Kier molecular flexibility index (Phi) is 7.82. The summed E-state index contributed by atoms with van der Waals surface area (Å²) < 4.78 is 0. The lowest BCUT2D eigenvalue weighted by molar-refractivity contribution is -0.138. The topological polar surface area (TPSA) is 80.4 Å². The maximum Gasteiger partial charge on any atom is 0.325 e. The number of carbonyl (C=O) groups excluding carboxylic acids is 1. The monoisotopic (exact) mass is 393 g/mol. The van der Waals surface area contributed by atoms with Gasteiger partial charge < -0.3 is 10.8 Å². The lowest BCUT2D eigenvalue weighted by Gasteiger charge is -2.07. The molecule has 122 valence electrons. The van der Waals surface area contributed by atoms with Crippen LogP contribution in [0.25, 0.3) is 0 Å². The Bertz CT molecular complexity index is 681. The van der Waals surface area contributed by atoms with E-state index in [0.717, 1.165) is 0 Å². The summed E-state index contributed by atoms with van der Waals surface area (Å²) in [5, 5.41) is 10.3. The third-order valence-electron chi connectivity index (χ3n) is 2.53. The van der Waals surface area contributed by atoms with Gasteiger partial charge >= 0.3 is 5.97 Å². The molecule has 3 N–H and O–H groups in total. The fourth-order valence-corrected chi connectivity index (χ4v) is 2.63. The highest BCUT2D eigenvalue weighted by molar-refractivity contribution is 6.35. The smallest absolute Gasteiger partial charge is 0.325 e. The predicted molar refractivity (Wildman–Crippen MR) is 92.9 cm³/mol. The van der Waals surface area contributed by atoms with Crippen molar-refractivity contribution in [1.29, 1.82) is 0 Å². The molecule has 2 aromatic rings. The fraction of sp³-hybridized carbons (Fsp3) is 0.0667. The standard InChI is InChI=1S/C8H7Cl2NO2.C7H4Cl2O/c9-5-1-4(2-6(10)3-5)7(11)8(12)13;8-6-1-5(4-10)2-7(9)3-6/h1-3,7H,11H2,(H,12,13);1-4H. The molecule has 2 aromatic carbocycles. The summed E-state index contributed by atoms with van der Waals surface area (Å²) in [6, 6.07) is 8.08. The van der Waals surface area contributed by atoms with Gasteiger partial charge in [0.25, 0.3) is 0 Å². The van der Waals surface area contributed by atoms with Crippen LogP contribution in [0.4, 0.5) is 0 Å². The van der Waals surface area contributed by atoms with Crippen molar-refractivity contribution in [2.45, 2.75) is 6.04 Å². The van der Waals surface area contributed by atoms with Crippen molar-refractivity contribution in [3.05, 3.63) is 67.6 Å². The molecule has 23 heavy (non-hydrogen) atoms. The molecule has 0 heterocycles. The molecule has 1 atom stereocenters. The zero-order valence-electron chi connectivity index (χ0n) is 11.5. The molecule has 0 spiro atoms. The molecule has 4 nitrogen and oxygen atoms in total. The molecule has 0 saturated heterocycles. The molecular weight excluding hydrogens is 384 g/mol. The van der Waals surface area contributed by atoms with Crippen molar-refractivity contribution >= 4 is 58.7 Å². The van der Waals surface area contributed by atoms with E-state index in [1.807, 2.05) is 0 Å². The van der Waals surface area contributed by atoms with Gasteiger partial charge in [-0.3, -0.25) is 9.59 Å². The highest BCUT2D eigenvalue weighted by Gasteiger charge is 2.14. The molecule has 1 unspecified atom stereocenters. The van der Waals surface area contributed by atoms with Gasteiger partial charge in [0, 0.05) is 25.7 Å². The fourth-order valence-electron chi connectivity index (χ4n) is 1.54. The van der Waals surface area contributed by atoms with Crippen LogP contribution < -0.4 is 5.73 Å². The SMILES string of the molecule is NC(C(=O)O)c1cc(Cl)cc(Cl)c1.O=Cc1cc(Cl)cc(Cl)c1. The number of benzene rings is 2. The summed E-state index contributed by atoms with van der Waals surface area (Å²) in [4.78, 5) is 20.7. The molecule has 0 saturated carbocycles. The third-order valence-corrected chi connectivity index (χ3v) is 3.40. The summed E-state index contributed by atoms with van der Waals surface area (Å²) in [7, 11) is 0. The summed E-state index contributed by atoms with van der Waals surface area (Å²) in [6.07, 6.45) is 0.706. The van der Waals surface area contributed by atoms with Crippen molar-refractivity contribution in [1.82, 2.24) is 0 Å². The van der Waals surface area contributed by atoms with Gasteiger partial charge in [-0.15, -0.1) is 0 Å². The van der Waals surface area contributed by atoms with Gasteiger partial charge in [-0.25, -0.2) is 0 Å². The van der Waals surface area contributed by atoms with Crippen molar-refractivity contribution in [2.24, 2.45) is 5.73 Å². The van der Waals surface area contributed by atoms with Crippen molar-refractivity contribution in [3.63, 3.8) is 0 Å². The summed E-state index contributed by atoms with van der Waals surface area (Å²) in [5.41, 5.74) is 6.25. The summed E-state index contributed by atoms with van der Waals surface area (Å²) >= 11 is 22.5. The average molecular weight is 395 g/mol. The third kappa shape index (κ3) is 6.77. The van der Waals surface area contributed by atoms with Gasteiger partial charge in [-0.2, -0.15) is 0 Å². The molecule has 0 fully saturated rings. The lowest BCUT2D eigenvalue weighted by atomic mass is 10.1. The lowest BCUT2D eigenvalue weighted by Crippen LogP contribution is -2.20. The van der Waals surface area contributed by atoms with Crippen LogP contribution in [0.2, 0.25) is 20.1 Å². The second kappa shape index (κ2) is 9.11. The van der Waals surface area contributed by atoms with E-state index in [0.29, 0.717) is 37.5 Å². The minimum atomic E-state index is -1.11. The Hall–Kier alpha value is -1.30. The van der Waals surface area contributed by atoms with E-state index in [1.54, 1.807) is 18.2 Å². The first-order chi connectivity index (χ1) is 10.7. The number of carboxylic acid groups (broad SMARTS) is 1. The number of hydrogen-bond acceptors (Lipinski definition) is 3. The van der Waals surface area contributed by atoms with Gasteiger partial charge in [-0.05, 0) is 42.0 Å². The number of hydrogen-bond donors (Lipinski definition) is 2. The van der Waals surface area contributed by atoms with Crippen LogP contribution in [0, 0.1) is 0 Å². The maximum absolute atomic E-state index is 10.5. The van der Waals surface area contributed by atoms with E-state index in [9.17, 15) is 9.59 Å². The zero-order valence-corrected chi connectivity index (χ0v) is 14.5. The first-order valence-electron chi connectivity index (χ1n) is 6.08. The number of nitrogens with two attached hydrogens (primary N) is 1. The van der Waals surface area contributed by atoms with Gasteiger partial charge in [0.1, 0.15) is 12.3 Å². The van der Waals surface area contributed by atoms with E-state index in [4.69, 9.17) is 57.2 Å². The predicted octanol–water partition coefficient (Wildman–Crippen LogP) is 4.88. The molecule has 0 bridgehead atoms. The Morgan fingerprint density at radius 3 is 1.65 bits per heavy atom. The Balaban J connectivity index is 0.000000238. The quantitative estimate of drug-likeness (QED) is 0.726. The first kappa shape index (κ1) is 19.7. The highest BCUT2D eigenvalue weighted by Crippen LogP contribution is 2.22. The Morgan fingerprint density at radius 2 is 1.30 bits per heavy atom. The van der Waals surface area contributed by atoms with E-state index in [1.165, 1.54) is 18.2 Å². The second-order valence-electron chi connectivity index (χ2n) is 4.34. The molecule has 0 aliphatic carbocycles. The van der Waals surface area contributed by atoms with Crippen LogP contribution in [-0.4, -0.2) is 17.4 Å². The number of rotatable bonds is 3. The highest BCUT2D eigenvalue weighted by atomic mass is 35.5. The molecular formula is C15H11Cl4NO3. The van der Waals surface area contributed by atoms with Crippen LogP contribution >= 0.6 is 46.4 Å². The number of aliphatic carboxylic acids is 1. The molecule has 8 heteroatoms. The molecule has 0 aliphatic rings. The van der Waals surface area contributed by atoms with E-state index < -0.39 is 12.0 Å². The number of carboxylic acids is 1. The van der Waals surface area contributed by atoms with Gasteiger partial charge in [0.15, 0.2) is 0 Å². The average Bonchev–Trinajstić information content (AvgIpc) is 2.44. The van der Waals surface area contributed by atoms with Crippen LogP contribution in [0.5, 0.6) is 0 Å². The van der Waals surface area contributed by atoms with Gasteiger partial charge in [-0.1, -0.05) is 46.4 Å². The van der Waals surface area contributed by atoms with Crippen molar-refractivity contribution in [3.8, 4) is 0 Å². The van der Waals surface area contributed by atoms with E-state index in [-0.39, 0.29) is 0 Å². The van der Waals surface area contributed by atoms with Crippen LogP contribution in [0.15, 0.2) is 36.4 Å². The minimum Gasteiger partial charge on any atom is -0.480 e. The summed E-state index contributed by atoms with van der Waals surface area (Å²) in [6.45, 7) is 0. The van der Waals surface area contributed by atoms with Crippen LogP contribution in [0.3, 0.4) is 0 Å². The van der Waals surface area contributed by atoms with Crippen molar-refractivity contribution in [2.75, 3.05) is 0 Å². The van der Waals surface area contributed by atoms with Gasteiger partial charge in [0.05, 0.1) is 0 Å². The molecule has 0 amide bonds. The first-order valence-corrected chi connectivity index (χ1v) is 7.59. The minimum absolute atomic E-state index is 0.374. The van der Waals surface area contributed by atoms with Gasteiger partial charge in [0.2, 0.25) is 0 Å². The van der Waals surface area contributed by atoms with E-state index in [2.05, 4.69) is 0 Å². The maximum atomic E-state index is 10.5. The second-order valence-corrected chi connectivity index (χ2v) is 6.09. The zero-order chi connectivity index (χ0) is 17.6. The number of aldehydes is 1. The number of carbonyl (C=O) groups is 2. The van der Waals surface area contributed by atoms with Crippen molar-refractivity contribution < 1.29 is 14.7 Å². The Morgan fingerprint density at radius 1 is 0.913 bits per heavy atom. The van der Waals surface area contributed by atoms with Crippen LogP contribution in [-0.2, 0) is 4.79 Å². The summed E-state index contributed by atoms with van der Waals surface area (Å²) in [5.74, 6) is -1.11. The molecule has 0 aromatic heterocycles. The Labute approximate surface area is 152 Å². The van der Waals surface area contributed by atoms with Crippen LogP contribution in [0.1, 0.15) is 22.0 Å². The number of halogens is 4. The van der Waals surface area contributed by atoms with E-state index >= 15 is 0 Å².